The van der Waals surface area contributed by atoms with Crippen LogP contribution in [0.25, 0.3) is 55.6 Å². The van der Waals surface area contributed by atoms with Crippen LogP contribution in [0.3, 0.4) is 0 Å². The lowest BCUT2D eigenvalue weighted by Crippen LogP contribution is -2.64. The molecule has 4 heterocycles. The van der Waals surface area contributed by atoms with Crippen molar-refractivity contribution in [3.05, 3.63) is 419 Å². The maximum absolute atomic E-state index is 2.65. The summed E-state index contributed by atoms with van der Waals surface area (Å²) < 4.78 is 0. The first-order chi connectivity index (χ1) is 54.6. The molecule has 0 bridgehead atoms. The van der Waals surface area contributed by atoms with Crippen molar-refractivity contribution in [2.24, 2.45) is 0 Å². The van der Waals surface area contributed by atoms with Crippen molar-refractivity contribution in [1.29, 1.82) is 0 Å². The molecule has 0 amide bonds. The highest BCUT2D eigenvalue weighted by molar-refractivity contribution is 8.00. The van der Waals surface area contributed by atoms with E-state index in [0.29, 0.717) is 0 Å². The molecule has 17 aromatic rings. The Labute approximate surface area is 647 Å². The van der Waals surface area contributed by atoms with E-state index in [2.05, 4.69) is 443 Å². The van der Waals surface area contributed by atoms with Gasteiger partial charge in [-0.1, -0.05) is 314 Å². The van der Waals surface area contributed by atoms with E-state index in [9.17, 15) is 0 Å². The monoisotopic (exact) mass is 1420 g/mol. The molecule has 0 saturated carbocycles. The quantitative estimate of drug-likeness (QED) is 0.100. The van der Waals surface area contributed by atoms with Crippen LogP contribution in [0.5, 0.6) is 0 Å². The van der Waals surface area contributed by atoms with Gasteiger partial charge in [-0.15, -0.1) is 0 Å². The van der Waals surface area contributed by atoms with Crippen molar-refractivity contribution in [2.45, 2.75) is 9.79 Å². The predicted octanol–water partition coefficient (Wildman–Crippen LogP) is 23.8. The van der Waals surface area contributed by atoms with Crippen LogP contribution >= 0.6 is 11.8 Å². The van der Waals surface area contributed by atoms with Crippen molar-refractivity contribution in [3.8, 4) is 55.6 Å². The molecular weight excluding hydrogens is 1350 g/mol. The minimum atomic E-state index is -0.202. The summed E-state index contributed by atoms with van der Waals surface area (Å²) in [7, 11) is 0. The van der Waals surface area contributed by atoms with Gasteiger partial charge in [0.05, 0.1) is 11.4 Å². The molecule has 17 aromatic carbocycles. The first-order valence-electron chi connectivity index (χ1n) is 37.9. The van der Waals surface area contributed by atoms with Gasteiger partial charge in [0.25, 0.3) is 6.71 Å². The zero-order chi connectivity index (χ0) is 72.6. The second-order valence-electron chi connectivity index (χ2n) is 28.7. The summed E-state index contributed by atoms with van der Waals surface area (Å²) in [5.41, 5.74) is 35.6. The largest absolute Gasteiger partial charge is 0.311 e. The number of rotatable bonds is 14. The maximum Gasteiger partial charge on any atom is 0.252 e. The van der Waals surface area contributed by atoms with Gasteiger partial charge in [-0.3, -0.25) is 0 Å². The Bertz CT molecular complexity index is 6330. The molecule has 0 aliphatic carbocycles. The van der Waals surface area contributed by atoms with Crippen LogP contribution in [-0.4, -0.2) is 13.4 Å². The van der Waals surface area contributed by atoms with E-state index in [1.54, 1.807) is 0 Å². The Morgan fingerprint density at radius 2 is 0.555 bits per heavy atom. The van der Waals surface area contributed by atoms with Gasteiger partial charge in [0.1, 0.15) is 0 Å². The summed E-state index contributed by atoms with van der Waals surface area (Å²) in [6.45, 7) is -0.347. The number of hydrogen-bond donors (Lipinski definition) is 0. The number of benzene rings is 17. The zero-order valence-corrected chi connectivity index (χ0v) is 61.0. The van der Waals surface area contributed by atoms with Crippen LogP contribution < -0.4 is 57.3 Å². The van der Waals surface area contributed by atoms with E-state index < -0.39 is 0 Å². The van der Waals surface area contributed by atoms with Crippen molar-refractivity contribution < 1.29 is 0 Å². The van der Waals surface area contributed by atoms with Gasteiger partial charge >= 0.3 is 0 Å². The summed E-state index contributed by atoms with van der Waals surface area (Å²) >= 11 is 1.91. The lowest BCUT2D eigenvalue weighted by atomic mass is 9.31. The van der Waals surface area contributed by atoms with Crippen molar-refractivity contribution >= 4 is 143 Å². The Hall–Kier alpha value is -13.8. The summed E-state index contributed by atoms with van der Waals surface area (Å²) in [6, 6.07) is 155. The van der Waals surface area contributed by atoms with E-state index in [-0.39, 0.29) is 13.4 Å². The van der Waals surface area contributed by atoms with Gasteiger partial charge < -0.3 is 24.5 Å². The van der Waals surface area contributed by atoms with Gasteiger partial charge in [-0.05, 0) is 199 Å². The first kappa shape index (κ1) is 64.6. The SMILES string of the molecule is c1ccc(-c2ccc(N(c3cccc(-c4ccccc4)c3)c3cc4c5c(c3)N(c3ccccc3)c3ccccc3B5c3cc5c(cc3S4)N(c3ccccc3-c3ccccc3)c3cc(N(c4ccc(-c6ccccc6)cc4)c4cccc(-c6ccccc6)c4)cc4c3B5c3ccccc3N4c3ccccc3)cc2)cc1. The molecule has 4 aliphatic rings. The van der Waals surface area contributed by atoms with Crippen molar-refractivity contribution in [1.82, 2.24) is 0 Å². The lowest BCUT2D eigenvalue weighted by Gasteiger charge is -2.46. The summed E-state index contributed by atoms with van der Waals surface area (Å²) in [4.78, 5) is 15.1. The molecule has 21 rings (SSSR count). The van der Waals surface area contributed by atoms with Gasteiger partial charge in [0.2, 0.25) is 6.71 Å². The van der Waals surface area contributed by atoms with Crippen LogP contribution in [0.4, 0.5) is 85.3 Å². The first-order valence-corrected chi connectivity index (χ1v) is 38.7. The van der Waals surface area contributed by atoms with Gasteiger partial charge in [-0.2, -0.15) is 0 Å². The fourth-order valence-corrected chi connectivity index (χ4v) is 18.8. The molecule has 0 N–H and O–H groups in total. The molecule has 4 aliphatic heterocycles. The second-order valence-corrected chi connectivity index (χ2v) is 29.8. The van der Waals surface area contributed by atoms with Gasteiger partial charge in [-0.25, -0.2) is 0 Å². The maximum atomic E-state index is 2.65. The zero-order valence-electron chi connectivity index (χ0n) is 60.1. The molecule has 0 radical (unpaired) electrons. The topological polar surface area (TPSA) is 16.2 Å². The molecule has 0 atom stereocenters. The normalized spacial score (nSPS) is 12.6. The molecular formula is C102H69B2N5S. The van der Waals surface area contributed by atoms with Gasteiger partial charge in [0, 0.05) is 89.3 Å². The fourth-order valence-electron chi connectivity index (χ4n) is 17.5. The summed E-state index contributed by atoms with van der Waals surface area (Å²) in [5.74, 6) is 0. The van der Waals surface area contributed by atoms with Crippen LogP contribution in [0.1, 0.15) is 0 Å². The molecule has 110 heavy (non-hydrogen) atoms. The third kappa shape index (κ3) is 11.1. The molecule has 5 nitrogen and oxygen atoms in total. The standard InChI is InChI=1S/C102H69B2N5S/c1-8-30-70(31-9-1)74-54-58-81(59-55-74)105(83-46-28-40-77(62-83)72-34-12-3-13-35-72)85-64-96-101-97(65-85)109(92-51-25-22-48-87(92)76-38-16-5-17-39-76)95-69-99-91(68-90(95)103(101)88-49-23-26-52-93(88)107(96)79-42-18-6-19-43-79)104-89-50-24-27-53-94(89)108(80-44-20-7-21-45-80)98-66-86(67-100(110-99)102(98)104)106(82-60-56-75(57-61-82)71-32-10-2-11-33-71)84-47-29-41-78(63-84)73-36-14-4-15-37-73/h1-69H. The van der Waals surface area contributed by atoms with E-state index in [1.807, 2.05) is 11.8 Å². The summed E-state index contributed by atoms with van der Waals surface area (Å²) in [5, 5.41) is 0. The third-order valence-electron chi connectivity index (χ3n) is 22.4. The summed E-state index contributed by atoms with van der Waals surface area (Å²) in [6.07, 6.45) is 0. The molecule has 514 valence electrons. The lowest BCUT2D eigenvalue weighted by molar-refractivity contribution is 1.22. The number of hydrogen-bond acceptors (Lipinski definition) is 6. The number of nitrogens with zero attached hydrogens (tertiary/aromatic N) is 5. The number of anilines is 15. The van der Waals surface area contributed by atoms with Crippen LogP contribution in [0.2, 0.25) is 0 Å². The van der Waals surface area contributed by atoms with Crippen LogP contribution in [-0.2, 0) is 0 Å². The molecule has 0 saturated heterocycles. The predicted molar refractivity (Wildman–Crippen MR) is 467 cm³/mol. The Balaban J connectivity index is 0.831. The highest BCUT2D eigenvalue weighted by Crippen LogP contribution is 2.53. The molecule has 0 spiro atoms. The fraction of sp³-hybridized carbons (Fsp3) is 0. The van der Waals surface area contributed by atoms with E-state index in [0.717, 1.165) is 119 Å². The highest BCUT2D eigenvalue weighted by Gasteiger charge is 2.48. The Kier molecular flexibility index (Phi) is 16.0. The Morgan fingerprint density at radius 1 is 0.191 bits per heavy atom. The molecule has 0 unspecified atom stereocenters. The minimum Gasteiger partial charge on any atom is -0.311 e. The highest BCUT2D eigenvalue weighted by atomic mass is 32.2. The Morgan fingerprint density at radius 3 is 1.04 bits per heavy atom. The average Bonchev–Trinajstić information content (AvgIpc) is 0.687. The van der Waals surface area contributed by atoms with Crippen LogP contribution in [0.15, 0.2) is 428 Å². The average molecular weight is 1420 g/mol. The van der Waals surface area contributed by atoms with Crippen molar-refractivity contribution in [2.75, 3.05) is 24.5 Å². The molecule has 0 fully saturated rings. The molecule has 8 heteroatoms. The van der Waals surface area contributed by atoms with E-state index in [1.165, 1.54) is 64.8 Å². The third-order valence-corrected chi connectivity index (χ3v) is 23.5. The minimum absolute atomic E-state index is 0.145. The second kappa shape index (κ2) is 27.2. The van der Waals surface area contributed by atoms with E-state index >= 15 is 0 Å². The number of fused-ring (bicyclic) bond motifs is 8. The van der Waals surface area contributed by atoms with Crippen LogP contribution in [0, 0.1) is 0 Å². The number of para-hydroxylation sites is 5. The van der Waals surface area contributed by atoms with Crippen molar-refractivity contribution in [3.63, 3.8) is 0 Å². The van der Waals surface area contributed by atoms with Gasteiger partial charge in [0.15, 0.2) is 0 Å². The van der Waals surface area contributed by atoms with E-state index in [4.69, 9.17) is 0 Å². The molecule has 0 aromatic heterocycles. The smallest absolute Gasteiger partial charge is 0.252 e.